The smallest absolute Gasteiger partial charge is 0.404 e. The number of nitrogens with one attached hydrogen (secondary N) is 2. The molecule has 3 aromatic rings. The van der Waals surface area contributed by atoms with Gasteiger partial charge in [-0.2, -0.15) is 4.98 Å². The van der Waals surface area contributed by atoms with Crippen molar-refractivity contribution in [3.63, 3.8) is 0 Å². The number of ether oxygens (including phenoxy) is 1. The van der Waals surface area contributed by atoms with Crippen molar-refractivity contribution in [1.29, 1.82) is 0 Å². The fourth-order valence-corrected chi connectivity index (χ4v) is 2.43. The summed E-state index contributed by atoms with van der Waals surface area (Å²) in [4.78, 5) is 8.75. The minimum absolute atomic E-state index is 0.148. The molecule has 0 spiro atoms. The van der Waals surface area contributed by atoms with Crippen molar-refractivity contribution in [2.75, 3.05) is 17.2 Å². The molecule has 0 aliphatic rings. The topological polar surface area (TPSA) is 59.1 Å². The second kappa shape index (κ2) is 7.94. The summed E-state index contributed by atoms with van der Waals surface area (Å²) in [6.07, 6.45) is -4.78. The van der Waals surface area contributed by atoms with Crippen molar-refractivity contribution in [2.24, 2.45) is 0 Å². The first-order chi connectivity index (χ1) is 12.9. The highest BCUT2D eigenvalue weighted by atomic mass is 19.4. The van der Waals surface area contributed by atoms with Gasteiger partial charge in [0, 0.05) is 18.2 Å². The number of alkyl halides is 3. The number of nitrogens with zero attached hydrogens (tertiary/aromatic N) is 2. The van der Waals surface area contributed by atoms with E-state index in [4.69, 9.17) is 0 Å². The summed E-state index contributed by atoms with van der Waals surface area (Å²) >= 11 is 0. The van der Waals surface area contributed by atoms with Crippen LogP contribution in [0.15, 0.2) is 60.7 Å². The van der Waals surface area contributed by atoms with Gasteiger partial charge in [0.05, 0.1) is 11.4 Å². The second-order valence-electron chi connectivity index (χ2n) is 5.53. The summed E-state index contributed by atoms with van der Waals surface area (Å²) in [6, 6.07) is 16.9. The summed E-state index contributed by atoms with van der Waals surface area (Å²) in [6.45, 7) is 2.50. The van der Waals surface area contributed by atoms with Crippen molar-refractivity contribution in [3.05, 3.63) is 60.7 Å². The maximum Gasteiger partial charge on any atom is 0.573 e. The number of halogens is 3. The van der Waals surface area contributed by atoms with Gasteiger partial charge >= 0.3 is 6.36 Å². The van der Waals surface area contributed by atoms with Gasteiger partial charge in [-0.1, -0.05) is 42.5 Å². The largest absolute Gasteiger partial charge is 0.573 e. The third-order valence-electron chi connectivity index (χ3n) is 3.51. The molecule has 2 N–H and O–H groups in total. The summed E-state index contributed by atoms with van der Waals surface area (Å²) in [7, 11) is 0. The van der Waals surface area contributed by atoms with Crippen molar-refractivity contribution in [2.45, 2.75) is 13.3 Å². The minimum Gasteiger partial charge on any atom is -0.404 e. The van der Waals surface area contributed by atoms with Crippen LogP contribution in [-0.4, -0.2) is 22.9 Å². The van der Waals surface area contributed by atoms with Crippen LogP contribution in [-0.2, 0) is 0 Å². The Morgan fingerprint density at radius 3 is 2.37 bits per heavy atom. The summed E-state index contributed by atoms with van der Waals surface area (Å²) < 4.78 is 41.9. The van der Waals surface area contributed by atoms with Gasteiger partial charge in [0.15, 0.2) is 5.75 Å². The molecule has 8 heteroatoms. The first-order valence-electron chi connectivity index (χ1n) is 8.25. The molecule has 1 aromatic heterocycles. The first kappa shape index (κ1) is 18.5. The standard InChI is InChI=1S/C19H17F3N4O/c1-2-23-18-25-15(13-8-4-3-5-9-13)12-17(26-18)24-14-10-6-7-11-16(14)27-19(20,21)22/h3-12H,2H2,1H3,(H2,23,24,25,26). The van der Waals surface area contributed by atoms with Crippen LogP contribution in [0.4, 0.5) is 30.6 Å². The van der Waals surface area contributed by atoms with Gasteiger partial charge in [-0.05, 0) is 19.1 Å². The van der Waals surface area contributed by atoms with E-state index in [9.17, 15) is 13.2 Å². The predicted molar refractivity (Wildman–Crippen MR) is 98.0 cm³/mol. The van der Waals surface area contributed by atoms with Gasteiger partial charge in [-0.15, -0.1) is 13.2 Å². The van der Waals surface area contributed by atoms with E-state index in [0.717, 1.165) is 5.56 Å². The highest BCUT2D eigenvalue weighted by Gasteiger charge is 2.32. The number of hydrogen-bond donors (Lipinski definition) is 2. The number of rotatable bonds is 6. The molecular weight excluding hydrogens is 357 g/mol. The third kappa shape index (κ3) is 5.10. The monoisotopic (exact) mass is 374 g/mol. The van der Waals surface area contributed by atoms with Crippen molar-refractivity contribution in [1.82, 2.24) is 9.97 Å². The molecule has 0 aliphatic carbocycles. The first-order valence-corrected chi connectivity index (χ1v) is 8.25. The molecule has 0 saturated carbocycles. The van der Waals surface area contributed by atoms with Crippen LogP contribution < -0.4 is 15.4 Å². The zero-order valence-electron chi connectivity index (χ0n) is 14.4. The lowest BCUT2D eigenvalue weighted by atomic mass is 10.1. The quantitative estimate of drug-likeness (QED) is 0.620. The Balaban J connectivity index is 1.96. The molecule has 0 amide bonds. The highest BCUT2D eigenvalue weighted by Crippen LogP contribution is 2.32. The van der Waals surface area contributed by atoms with E-state index in [1.54, 1.807) is 12.1 Å². The minimum atomic E-state index is -4.78. The maximum atomic E-state index is 12.6. The van der Waals surface area contributed by atoms with Crippen LogP contribution in [0.3, 0.4) is 0 Å². The van der Waals surface area contributed by atoms with E-state index in [0.29, 0.717) is 24.0 Å². The fraction of sp³-hybridized carbons (Fsp3) is 0.158. The molecule has 1 heterocycles. The van der Waals surface area contributed by atoms with Gasteiger partial charge in [-0.3, -0.25) is 0 Å². The van der Waals surface area contributed by atoms with Gasteiger partial charge in [-0.25, -0.2) is 4.98 Å². The highest BCUT2D eigenvalue weighted by molar-refractivity contribution is 5.69. The number of para-hydroxylation sites is 2. The zero-order valence-corrected chi connectivity index (χ0v) is 14.4. The van der Waals surface area contributed by atoms with E-state index in [1.165, 1.54) is 18.2 Å². The Morgan fingerprint density at radius 2 is 1.67 bits per heavy atom. The lowest BCUT2D eigenvalue weighted by molar-refractivity contribution is -0.274. The number of benzene rings is 2. The Morgan fingerprint density at radius 1 is 0.963 bits per heavy atom. The Bertz CT molecular complexity index is 901. The van der Waals surface area contributed by atoms with Crippen LogP contribution in [0, 0.1) is 0 Å². The molecule has 27 heavy (non-hydrogen) atoms. The lowest BCUT2D eigenvalue weighted by Gasteiger charge is -2.15. The second-order valence-corrected chi connectivity index (χ2v) is 5.53. The number of hydrogen-bond acceptors (Lipinski definition) is 5. The summed E-state index contributed by atoms with van der Waals surface area (Å²) in [5.41, 5.74) is 1.65. The van der Waals surface area contributed by atoms with Gasteiger partial charge in [0.25, 0.3) is 0 Å². The maximum absolute atomic E-state index is 12.6. The molecule has 0 fully saturated rings. The van der Waals surface area contributed by atoms with E-state index in [1.807, 2.05) is 37.3 Å². The van der Waals surface area contributed by atoms with Crippen molar-refractivity contribution >= 4 is 17.5 Å². The summed E-state index contributed by atoms with van der Waals surface area (Å²) in [5, 5.41) is 5.91. The van der Waals surface area contributed by atoms with Gasteiger partial charge < -0.3 is 15.4 Å². The lowest BCUT2D eigenvalue weighted by Crippen LogP contribution is -2.18. The molecular formula is C19H17F3N4O. The Labute approximate surface area is 154 Å². The fourth-order valence-electron chi connectivity index (χ4n) is 2.43. The zero-order chi connectivity index (χ0) is 19.3. The molecule has 5 nitrogen and oxygen atoms in total. The molecule has 2 aromatic carbocycles. The average molecular weight is 374 g/mol. The normalized spacial score (nSPS) is 11.1. The molecule has 0 saturated heterocycles. The van der Waals surface area contributed by atoms with Crippen LogP contribution in [0.2, 0.25) is 0 Å². The SMILES string of the molecule is CCNc1nc(Nc2ccccc2OC(F)(F)F)cc(-c2ccccc2)n1. The van der Waals surface area contributed by atoms with Gasteiger partial charge in [0.2, 0.25) is 5.95 Å². The molecule has 0 bridgehead atoms. The van der Waals surface area contributed by atoms with Crippen molar-refractivity contribution < 1.29 is 17.9 Å². The summed E-state index contributed by atoms with van der Waals surface area (Å²) in [5.74, 6) is 0.378. The van der Waals surface area contributed by atoms with Crippen molar-refractivity contribution in [3.8, 4) is 17.0 Å². The molecule has 0 atom stereocenters. The van der Waals surface area contributed by atoms with Gasteiger partial charge in [0.1, 0.15) is 5.82 Å². The molecule has 0 unspecified atom stereocenters. The molecule has 0 aliphatic heterocycles. The number of anilines is 3. The van der Waals surface area contributed by atoms with Crippen LogP contribution in [0.1, 0.15) is 6.92 Å². The number of aromatic nitrogens is 2. The molecule has 3 rings (SSSR count). The molecule has 140 valence electrons. The van der Waals surface area contributed by atoms with E-state index >= 15 is 0 Å². The van der Waals surface area contributed by atoms with Crippen LogP contribution >= 0.6 is 0 Å². The predicted octanol–water partition coefficient (Wildman–Crippen LogP) is 5.22. The molecule has 0 radical (unpaired) electrons. The average Bonchev–Trinajstić information content (AvgIpc) is 2.63. The van der Waals surface area contributed by atoms with Crippen LogP contribution in [0.5, 0.6) is 5.75 Å². The Kier molecular flexibility index (Phi) is 5.44. The Hall–Kier alpha value is -3.29. The van der Waals surface area contributed by atoms with E-state index in [2.05, 4.69) is 25.3 Å². The van der Waals surface area contributed by atoms with E-state index in [-0.39, 0.29) is 11.4 Å². The van der Waals surface area contributed by atoms with E-state index < -0.39 is 6.36 Å². The third-order valence-corrected chi connectivity index (χ3v) is 3.51. The van der Waals surface area contributed by atoms with Crippen LogP contribution in [0.25, 0.3) is 11.3 Å².